The summed E-state index contributed by atoms with van der Waals surface area (Å²) in [7, 11) is 0. The van der Waals surface area contributed by atoms with Gasteiger partial charge in [-0.1, -0.05) is 0 Å². The second-order valence-corrected chi connectivity index (χ2v) is 4.33. The zero-order chi connectivity index (χ0) is 15.7. The molecule has 0 heterocycles. The fourth-order valence-corrected chi connectivity index (χ4v) is 1.88. The van der Waals surface area contributed by atoms with Crippen LogP contribution < -0.4 is 15.5 Å². The first-order valence-corrected chi connectivity index (χ1v) is 7.16. The minimum atomic E-state index is -0.454. The average molecular weight is 293 g/mol. The lowest BCUT2D eigenvalue weighted by molar-refractivity contribution is -0.141. The molecule has 0 saturated heterocycles. The molecule has 116 valence electrons. The van der Waals surface area contributed by atoms with Crippen molar-refractivity contribution in [2.24, 2.45) is 0 Å². The Hall–Kier alpha value is -2.24. The number of ether oxygens (including phenoxy) is 1. The van der Waals surface area contributed by atoms with E-state index in [1.165, 1.54) is 0 Å². The molecule has 6 nitrogen and oxygen atoms in total. The van der Waals surface area contributed by atoms with Gasteiger partial charge in [0.25, 0.3) is 0 Å². The van der Waals surface area contributed by atoms with Gasteiger partial charge in [-0.15, -0.1) is 0 Å². The van der Waals surface area contributed by atoms with Crippen molar-refractivity contribution in [2.45, 2.75) is 20.8 Å². The minimum Gasteiger partial charge on any atom is -0.465 e. The Kier molecular flexibility index (Phi) is 7.08. The van der Waals surface area contributed by atoms with Crippen LogP contribution >= 0.6 is 0 Å². The molecule has 2 N–H and O–H groups in total. The highest BCUT2D eigenvalue weighted by Gasteiger charge is 2.06. The summed E-state index contributed by atoms with van der Waals surface area (Å²) < 4.78 is 4.72. The molecular formula is C15H23N3O3. The van der Waals surface area contributed by atoms with E-state index in [1.54, 1.807) is 6.92 Å². The highest BCUT2D eigenvalue weighted by molar-refractivity contribution is 5.91. The van der Waals surface area contributed by atoms with E-state index in [2.05, 4.69) is 29.4 Å². The fourth-order valence-electron chi connectivity index (χ4n) is 1.88. The van der Waals surface area contributed by atoms with Gasteiger partial charge < -0.3 is 20.3 Å². The lowest BCUT2D eigenvalue weighted by Crippen LogP contribution is -2.34. The van der Waals surface area contributed by atoms with E-state index in [1.807, 2.05) is 24.3 Å². The van der Waals surface area contributed by atoms with Crippen LogP contribution in [0.3, 0.4) is 0 Å². The summed E-state index contributed by atoms with van der Waals surface area (Å²) in [5.74, 6) is -0.454. The number of benzene rings is 1. The van der Waals surface area contributed by atoms with Crippen LogP contribution in [0.2, 0.25) is 0 Å². The topological polar surface area (TPSA) is 70.7 Å². The number of nitrogens with one attached hydrogen (secondary N) is 2. The molecule has 1 rings (SSSR count). The Morgan fingerprint density at radius 2 is 1.71 bits per heavy atom. The van der Waals surface area contributed by atoms with Gasteiger partial charge in [0.1, 0.15) is 6.54 Å². The summed E-state index contributed by atoms with van der Waals surface area (Å²) in [6.07, 6.45) is 0. The molecule has 1 aromatic rings. The number of nitrogens with zero attached hydrogens (tertiary/aromatic N) is 1. The number of urea groups is 1. The van der Waals surface area contributed by atoms with E-state index < -0.39 is 12.0 Å². The van der Waals surface area contributed by atoms with Crippen LogP contribution in [0.25, 0.3) is 0 Å². The number of hydrogen-bond donors (Lipinski definition) is 2. The fraction of sp³-hybridized carbons (Fsp3) is 0.467. The van der Waals surface area contributed by atoms with Crippen molar-refractivity contribution in [1.29, 1.82) is 0 Å². The predicted molar refractivity (Wildman–Crippen MR) is 83.7 cm³/mol. The first-order valence-electron chi connectivity index (χ1n) is 7.16. The van der Waals surface area contributed by atoms with E-state index >= 15 is 0 Å². The summed E-state index contributed by atoms with van der Waals surface area (Å²) in [6, 6.07) is 7.13. The Bertz CT molecular complexity index is 456. The van der Waals surface area contributed by atoms with E-state index in [0.717, 1.165) is 18.8 Å². The predicted octanol–water partition coefficient (Wildman–Crippen LogP) is 2.22. The summed E-state index contributed by atoms with van der Waals surface area (Å²) in [5.41, 5.74) is 1.78. The molecule has 0 aromatic heterocycles. The Labute approximate surface area is 125 Å². The molecule has 0 unspecified atom stereocenters. The van der Waals surface area contributed by atoms with Crippen molar-refractivity contribution in [2.75, 3.05) is 36.5 Å². The van der Waals surface area contributed by atoms with Crippen molar-refractivity contribution < 1.29 is 14.3 Å². The zero-order valence-electron chi connectivity index (χ0n) is 12.8. The zero-order valence-corrected chi connectivity index (χ0v) is 12.8. The average Bonchev–Trinajstić information content (AvgIpc) is 2.48. The van der Waals surface area contributed by atoms with Gasteiger partial charge in [0.05, 0.1) is 6.61 Å². The van der Waals surface area contributed by atoms with E-state index in [9.17, 15) is 9.59 Å². The van der Waals surface area contributed by atoms with E-state index in [-0.39, 0.29) is 6.54 Å². The summed E-state index contributed by atoms with van der Waals surface area (Å²) in [5, 5.41) is 5.11. The smallest absolute Gasteiger partial charge is 0.325 e. The van der Waals surface area contributed by atoms with Crippen LogP contribution in [-0.2, 0) is 9.53 Å². The third-order valence-corrected chi connectivity index (χ3v) is 2.95. The van der Waals surface area contributed by atoms with Crippen molar-refractivity contribution in [3.63, 3.8) is 0 Å². The number of carbonyl (C=O) groups is 2. The maximum absolute atomic E-state index is 11.6. The largest absolute Gasteiger partial charge is 0.465 e. The molecule has 0 aliphatic carbocycles. The van der Waals surface area contributed by atoms with Crippen LogP contribution in [0, 0.1) is 0 Å². The Morgan fingerprint density at radius 1 is 1.10 bits per heavy atom. The number of hydrogen-bond acceptors (Lipinski definition) is 4. The summed E-state index contributed by atoms with van der Waals surface area (Å²) in [4.78, 5) is 24.9. The number of esters is 1. The minimum absolute atomic E-state index is 0.142. The normalized spacial score (nSPS) is 9.86. The first-order chi connectivity index (χ1) is 10.1. The number of rotatable bonds is 7. The standard InChI is InChI=1S/C15H23N3O3/c1-4-18(5-2)13-9-7-12(8-10-13)17-15(20)16-11-14(19)21-6-3/h7-10H,4-6,11H2,1-3H3,(H2,16,17,20). The molecule has 1 aromatic carbocycles. The van der Waals surface area contributed by atoms with Crippen molar-refractivity contribution in [3.8, 4) is 0 Å². The van der Waals surface area contributed by atoms with Crippen LogP contribution in [0.4, 0.5) is 16.2 Å². The quantitative estimate of drug-likeness (QED) is 0.756. The van der Waals surface area contributed by atoms with Crippen LogP contribution in [0.1, 0.15) is 20.8 Å². The number of amides is 2. The summed E-state index contributed by atoms with van der Waals surface area (Å²) in [6.45, 7) is 7.94. The van der Waals surface area contributed by atoms with E-state index in [0.29, 0.717) is 12.3 Å². The molecule has 6 heteroatoms. The molecule has 0 aliphatic rings. The van der Waals surface area contributed by atoms with Gasteiger partial charge in [0.15, 0.2) is 0 Å². The van der Waals surface area contributed by atoms with Crippen LogP contribution in [-0.4, -0.2) is 38.2 Å². The van der Waals surface area contributed by atoms with Gasteiger partial charge in [-0.25, -0.2) is 4.79 Å². The molecule has 2 amide bonds. The molecule has 0 spiro atoms. The molecule has 0 fully saturated rings. The molecule has 0 aliphatic heterocycles. The van der Waals surface area contributed by atoms with Gasteiger partial charge >= 0.3 is 12.0 Å². The van der Waals surface area contributed by atoms with Gasteiger partial charge in [-0.3, -0.25) is 4.79 Å². The van der Waals surface area contributed by atoms with Crippen molar-refractivity contribution in [1.82, 2.24) is 5.32 Å². The second kappa shape index (κ2) is 8.84. The van der Waals surface area contributed by atoms with Crippen molar-refractivity contribution in [3.05, 3.63) is 24.3 Å². The second-order valence-electron chi connectivity index (χ2n) is 4.33. The molecule has 0 saturated carbocycles. The van der Waals surface area contributed by atoms with Gasteiger partial charge in [0, 0.05) is 24.5 Å². The molecule has 21 heavy (non-hydrogen) atoms. The first kappa shape index (κ1) is 16.8. The van der Waals surface area contributed by atoms with Crippen LogP contribution in [0.5, 0.6) is 0 Å². The molecular weight excluding hydrogens is 270 g/mol. The third-order valence-electron chi connectivity index (χ3n) is 2.95. The third kappa shape index (κ3) is 5.72. The SMILES string of the molecule is CCOC(=O)CNC(=O)Nc1ccc(N(CC)CC)cc1. The highest BCUT2D eigenvalue weighted by Crippen LogP contribution is 2.17. The number of anilines is 2. The maximum atomic E-state index is 11.6. The maximum Gasteiger partial charge on any atom is 0.325 e. The van der Waals surface area contributed by atoms with Gasteiger partial charge in [0.2, 0.25) is 0 Å². The molecule has 0 atom stereocenters. The van der Waals surface area contributed by atoms with Gasteiger partial charge in [-0.2, -0.15) is 0 Å². The highest BCUT2D eigenvalue weighted by atomic mass is 16.5. The lowest BCUT2D eigenvalue weighted by atomic mass is 10.2. The molecule has 0 bridgehead atoms. The Morgan fingerprint density at radius 3 is 2.24 bits per heavy atom. The lowest BCUT2D eigenvalue weighted by Gasteiger charge is -2.21. The summed E-state index contributed by atoms with van der Waals surface area (Å²) >= 11 is 0. The van der Waals surface area contributed by atoms with Crippen LogP contribution in [0.15, 0.2) is 24.3 Å². The van der Waals surface area contributed by atoms with Gasteiger partial charge in [-0.05, 0) is 45.0 Å². The monoisotopic (exact) mass is 293 g/mol. The van der Waals surface area contributed by atoms with E-state index in [4.69, 9.17) is 4.74 Å². The Balaban J connectivity index is 2.48. The van der Waals surface area contributed by atoms with Crippen molar-refractivity contribution >= 4 is 23.4 Å². The molecule has 0 radical (unpaired) electrons. The number of carbonyl (C=O) groups excluding carboxylic acids is 2.